The smallest absolute Gasteiger partial charge is 0.407 e. The predicted octanol–water partition coefficient (Wildman–Crippen LogP) is 3.64. The number of hydrogen-bond acceptors (Lipinski definition) is 5. The highest BCUT2D eigenvalue weighted by Crippen LogP contribution is 2.44. The third-order valence-electron chi connectivity index (χ3n) is 7.11. The average Bonchev–Trinajstić information content (AvgIpc) is 3.18. The minimum atomic E-state index is -1.07. The van der Waals surface area contributed by atoms with Crippen molar-refractivity contribution in [3.8, 4) is 11.1 Å². The monoisotopic (exact) mass is 480 g/mol. The summed E-state index contributed by atoms with van der Waals surface area (Å²) in [4.78, 5) is 39.4. The number of piperidine rings is 1. The molecule has 1 saturated heterocycles. The van der Waals surface area contributed by atoms with Crippen LogP contribution in [0.25, 0.3) is 11.1 Å². The van der Waals surface area contributed by atoms with Crippen LogP contribution in [-0.4, -0.2) is 66.4 Å². The summed E-state index contributed by atoms with van der Waals surface area (Å²) in [5.41, 5.74) is 4.42. The van der Waals surface area contributed by atoms with Gasteiger partial charge in [-0.3, -0.25) is 4.79 Å². The van der Waals surface area contributed by atoms with Gasteiger partial charge in [-0.25, -0.2) is 9.59 Å². The molecule has 2 aromatic rings. The summed E-state index contributed by atoms with van der Waals surface area (Å²) in [6, 6.07) is 14.1. The predicted molar refractivity (Wildman–Crippen MR) is 130 cm³/mol. The highest BCUT2D eigenvalue weighted by molar-refractivity contribution is 5.90. The third kappa shape index (κ3) is 5.03. The lowest BCUT2D eigenvalue weighted by atomic mass is 9.93. The van der Waals surface area contributed by atoms with E-state index in [9.17, 15) is 19.5 Å². The summed E-state index contributed by atoms with van der Waals surface area (Å²) in [7, 11) is 1.44. The quantitative estimate of drug-likeness (QED) is 0.627. The average molecular weight is 481 g/mol. The van der Waals surface area contributed by atoms with E-state index in [-0.39, 0.29) is 18.4 Å². The number of methoxy groups -OCH3 is 1. The van der Waals surface area contributed by atoms with Gasteiger partial charge < -0.3 is 24.8 Å². The zero-order valence-corrected chi connectivity index (χ0v) is 20.3. The van der Waals surface area contributed by atoms with Crippen LogP contribution in [-0.2, 0) is 19.1 Å². The summed E-state index contributed by atoms with van der Waals surface area (Å²) in [6.07, 6.45) is -0.313. The molecule has 2 N–H and O–H groups in total. The number of fused-ring (bicyclic) bond motifs is 3. The van der Waals surface area contributed by atoms with Crippen molar-refractivity contribution in [2.24, 2.45) is 5.92 Å². The van der Waals surface area contributed by atoms with Crippen molar-refractivity contribution in [3.63, 3.8) is 0 Å². The second kappa shape index (κ2) is 10.5. The van der Waals surface area contributed by atoms with Crippen LogP contribution in [0.1, 0.15) is 43.7 Å². The molecule has 1 fully saturated rings. The molecule has 186 valence electrons. The van der Waals surface area contributed by atoms with Crippen LogP contribution in [0.15, 0.2) is 48.5 Å². The standard InChI is InChI=1S/C27H32N2O6/c1-16-12-13-23(26(31)32)29(14-16)25(30)24(17(2)34-3)28-27(33)35-15-22-20-10-6-4-8-18(20)19-9-5-7-11-21(19)22/h4-11,16-17,22-24H,12-15H2,1-3H3,(H,28,33)(H,31,32). The summed E-state index contributed by atoms with van der Waals surface area (Å²) < 4.78 is 11.0. The molecule has 4 unspecified atom stereocenters. The fraction of sp³-hybridized carbons (Fsp3) is 0.444. The first-order valence-corrected chi connectivity index (χ1v) is 12.0. The zero-order valence-electron chi connectivity index (χ0n) is 20.3. The molecule has 2 aromatic carbocycles. The third-order valence-corrected chi connectivity index (χ3v) is 7.11. The Balaban J connectivity index is 1.47. The van der Waals surface area contributed by atoms with E-state index < -0.39 is 36.2 Å². The van der Waals surface area contributed by atoms with Gasteiger partial charge in [0.05, 0.1) is 6.10 Å². The molecule has 4 rings (SSSR count). The Bertz CT molecular complexity index is 1060. The molecule has 0 spiro atoms. The van der Waals surface area contributed by atoms with Crippen molar-refractivity contribution in [2.75, 3.05) is 20.3 Å². The summed E-state index contributed by atoms with van der Waals surface area (Å²) in [6.45, 7) is 4.07. The van der Waals surface area contributed by atoms with Crippen molar-refractivity contribution in [1.82, 2.24) is 10.2 Å². The number of carboxylic acid groups (broad SMARTS) is 1. The minimum Gasteiger partial charge on any atom is -0.480 e. The highest BCUT2D eigenvalue weighted by atomic mass is 16.5. The van der Waals surface area contributed by atoms with E-state index in [1.807, 2.05) is 43.3 Å². The van der Waals surface area contributed by atoms with Crippen LogP contribution in [0.2, 0.25) is 0 Å². The van der Waals surface area contributed by atoms with Crippen LogP contribution >= 0.6 is 0 Å². The molecular formula is C27H32N2O6. The molecular weight excluding hydrogens is 448 g/mol. The number of carbonyl (C=O) groups is 3. The number of alkyl carbamates (subject to hydrolysis) is 1. The van der Waals surface area contributed by atoms with Gasteiger partial charge in [0.15, 0.2) is 0 Å². The van der Waals surface area contributed by atoms with Crippen LogP contribution in [0.4, 0.5) is 4.79 Å². The Morgan fingerprint density at radius 3 is 2.23 bits per heavy atom. The maximum Gasteiger partial charge on any atom is 0.407 e. The van der Waals surface area contributed by atoms with Gasteiger partial charge in [0.2, 0.25) is 5.91 Å². The number of nitrogens with one attached hydrogen (secondary N) is 1. The SMILES string of the molecule is COC(C)C(NC(=O)OCC1c2ccccc2-c2ccccc21)C(=O)N1CC(C)CCC1C(=O)O. The van der Waals surface area contributed by atoms with Gasteiger partial charge in [-0.05, 0) is 47.9 Å². The van der Waals surface area contributed by atoms with Crippen molar-refractivity contribution in [1.29, 1.82) is 0 Å². The van der Waals surface area contributed by atoms with E-state index in [4.69, 9.17) is 9.47 Å². The Kier molecular flexibility index (Phi) is 7.40. The molecule has 35 heavy (non-hydrogen) atoms. The van der Waals surface area contributed by atoms with Crippen LogP contribution in [0, 0.1) is 5.92 Å². The fourth-order valence-corrected chi connectivity index (χ4v) is 5.11. The van der Waals surface area contributed by atoms with Gasteiger partial charge in [0.25, 0.3) is 0 Å². The van der Waals surface area contributed by atoms with E-state index in [0.717, 1.165) is 28.7 Å². The largest absolute Gasteiger partial charge is 0.480 e. The molecule has 0 saturated carbocycles. The lowest BCUT2D eigenvalue weighted by Crippen LogP contribution is -2.59. The number of carboxylic acids is 1. The highest BCUT2D eigenvalue weighted by Gasteiger charge is 2.40. The normalized spacial score (nSPS) is 20.9. The number of rotatable bonds is 7. The van der Waals surface area contributed by atoms with Crippen LogP contribution in [0.5, 0.6) is 0 Å². The minimum absolute atomic E-state index is 0.110. The second-order valence-electron chi connectivity index (χ2n) is 9.42. The lowest BCUT2D eigenvalue weighted by molar-refractivity contribution is -0.155. The number of carbonyl (C=O) groups excluding carboxylic acids is 2. The molecule has 1 heterocycles. The number of aliphatic carboxylic acids is 1. The van der Waals surface area contributed by atoms with Gasteiger partial charge >= 0.3 is 12.1 Å². The first-order chi connectivity index (χ1) is 16.8. The molecule has 8 heteroatoms. The topological polar surface area (TPSA) is 105 Å². The number of hydrogen-bond donors (Lipinski definition) is 2. The van der Waals surface area contributed by atoms with Gasteiger partial charge in [0, 0.05) is 19.6 Å². The molecule has 0 radical (unpaired) electrons. The Morgan fingerprint density at radius 2 is 1.66 bits per heavy atom. The van der Waals surface area contributed by atoms with Crippen molar-refractivity contribution < 1.29 is 29.0 Å². The van der Waals surface area contributed by atoms with Gasteiger partial charge in [-0.15, -0.1) is 0 Å². The maximum atomic E-state index is 13.4. The van der Waals surface area contributed by atoms with E-state index in [0.29, 0.717) is 13.0 Å². The van der Waals surface area contributed by atoms with Gasteiger partial charge in [-0.1, -0.05) is 55.5 Å². The number of likely N-dealkylation sites (tertiary alicyclic amines) is 1. The van der Waals surface area contributed by atoms with Crippen molar-refractivity contribution >= 4 is 18.0 Å². The van der Waals surface area contributed by atoms with E-state index in [1.165, 1.54) is 12.0 Å². The molecule has 0 bridgehead atoms. The molecule has 0 aromatic heterocycles. The summed E-state index contributed by atoms with van der Waals surface area (Å²) >= 11 is 0. The Morgan fingerprint density at radius 1 is 1.06 bits per heavy atom. The Labute approximate surface area is 205 Å². The molecule has 1 aliphatic heterocycles. The maximum absolute atomic E-state index is 13.4. The van der Waals surface area contributed by atoms with Gasteiger partial charge in [-0.2, -0.15) is 0 Å². The number of nitrogens with zero attached hydrogens (tertiary/aromatic N) is 1. The lowest BCUT2D eigenvalue weighted by Gasteiger charge is -2.39. The molecule has 8 nitrogen and oxygen atoms in total. The zero-order chi connectivity index (χ0) is 25.1. The van der Waals surface area contributed by atoms with Crippen molar-refractivity contribution in [3.05, 3.63) is 59.7 Å². The fourth-order valence-electron chi connectivity index (χ4n) is 5.11. The van der Waals surface area contributed by atoms with E-state index in [1.54, 1.807) is 6.92 Å². The van der Waals surface area contributed by atoms with Crippen molar-refractivity contribution in [2.45, 2.75) is 50.8 Å². The molecule has 1 aliphatic carbocycles. The molecule has 2 amide bonds. The van der Waals surface area contributed by atoms with E-state index >= 15 is 0 Å². The van der Waals surface area contributed by atoms with Crippen LogP contribution < -0.4 is 5.32 Å². The Hall–Kier alpha value is -3.39. The summed E-state index contributed by atoms with van der Waals surface area (Å²) in [5, 5.41) is 12.3. The molecule has 4 atom stereocenters. The number of ether oxygens (including phenoxy) is 2. The number of benzene rings is 2. The van der Waals surface area contributed by atoms with Crippen LogP contribution in [0.3, 0.4) is 0 Å². The first-order valence-electron chi connectivity index (χ1n) is 12.0. The first kappa shape index (κ1) is 24.7. The van der Waals surface area contributed by atoms with Gasteiger partial charge in [0.1, 0.15) is 18.7 Å². The van der Waals surface area contributed by atoms with E-state index in [2.05, 4.69) is 17.4 Å². The summed E-state index contributed by atoms with van der Waals surface area (Å²) in [5.74, 6) is -1.47. The number of amides is 2. The molecule has 2 aliphatic rings. The second-order valence-corrected chi connectivity index (χ2v) is 9.42.